The summed E-state index contributed by atoms with van der Waals surface area (Å²) in [6, 6.07) is 0. The lowest BCUT2D eigenvalue weighted by molar-refractivity contribution is -0.153. The molecule has 2 heterocycles. The highest BCUT2D eigenvalue weighted by Crippen LogP contribution is 2.77. The molecule has 0 aromatic carbocycles. The zero-order valence-electron chi connectivity index (χ0n) is 20.3. The highest BCUT2D eigenvalue weighted by molar-refractivity contribution is 5.93. The Bertz CT molecular complexity index is 898. The number of carbonyl (C=O) groups is 3. The van der Waals surface area contributed by atoms with Gasteiger partial charge in [-0.1, -0.05) is 6.92 Å². The van der Waals surface area contributed by atoms with Gasteiger partial charge in [-0.25, -0.2) is 4.79 Å². The van der Waals surface area contributed by atoms with Gasteiger partial charge in [-0.3, -0.25) is 19.3 Å². The average molecular weight is 477 g/mol. The molecular weight excluding hydrogens is 439 g/mol. The Kier molecular flexibility index (Phi) is 5.38. The number of ketones is 1. The number of piperidine rings is 1. The van der Waals surface area contributed by atoms with E-state index < -0.39 is 24.8 Å². The number of alkyl carbamates (subject to hydrolysis) is 1. The van der Waals surface area contributed by atoms with Crippen LogP contribution < -0.4 is 5.32 Å². The molecule has 0 aromatic rings. The van der Waals surface area contributed by atoms with Gasteiger partial charge in [0.15, 0.2) is 0 Å². The van der Waals surface area contributed by atoms with Crippen LogP contribution in [0.4, 0.5) is 9.18 Å². The van der Waals surface area contributed by atoms with E-state index in [1.807, 2.05) is 6.92 Å². The molecule has 2 aliphatic heterocycles. The summed E-state index contributed by atoms with van der Waals surface area (Å²) in [6.07, 6.45) is 4.53. The third-order valence-electron chi connectivity index (χ3n) is 11.0. The number of ether oxygens (including phenoxy) is 2. The van der Waals surface area contributed by atoms with Crippen molar-refractivity contribution in [3.8, 4) is 0 Å². The molecule has 11 atom stereocenters. The van der Waals surface area contributed by atoms with E-state index in [9.17, 15) is 18.8 Å². The van der Waals surface area contributed by atoms with Crippen molar-refractivity contribution in [1.82, 2.24) is 10.2 Å². The molecule has 4 bridgehead atoms. The van der Waals surface area contributed by atoms with E-state index >= 15 is 0 Å². The third kappa shape index (κ3) is 3.09. The molecule has 4 unspecified atom stereocenters. The van der Waals surface area contributed by atoms with Crippen LogP contribution in [-0.2, 0) is 19.1 Å². The van der Waals surface area contributed by atoms with Crippen LogP contribution in [0.3, 0.4) is 0 Å². The van der Waals surface area contributed by atoms with Crippen LogP contribution in [0.5, 0.6) is 0 Å². The molecule has 4 aliphatic carbocycles. The number of rotatable bonds is 4. The quantitative estimate of drug-likeness (QED) is 0.672. The predicted octanol–water partition coefficient (Wildman–Crippen LogP) is 2.97. The molecule has 2 saturated heterocycles. The molecule has 7 nitrogen and oxygen atoms in total. The molecule has 34 heavy (non-hydrogen) atoms. The molecule has 0 radical (unpaired) electrons. The van der Waals surface area contributed by atoms with E-state index in [1.54, 1.807) is 7.11 Å². The van der Waals surface area contributed by atoms with Gasteiger partial charge >= 0.3 is 6.09 Å². The zero-order chi connectivity index (χ0) is 23.8. The summed E-state index contributed by atoms with van der Waals surface area (Å²) in [7, 11) is 1.73. The number of methoxy groups -OCH3 is 1. The van der Waals surface area contributed by atoms with Crippen LogP contribution in [0.15, 0.2) is 0 Å². The summed E-state index contributed by atoms with van der Waals surface area (Å²) in [5.41, 5.74) is -0.500. The summed E-state index contributed by atoms with van der Waals surface area (Å²) in [6.45, 7) is 3.88. The zero-order valence-corrected chi connectivity index (χ0v) is 20.3. The van der Waals surface area contributed by atoms with Crippen LogP contribution in [0, 0.1) is 46.3 Å². The number of amides is 2. The molecule has 188 valence electrons. The minimum absolute atomic E-state index is 0.0151. The Morgan fingerprint density at radius 3 is 2.68 bits per heavy atom. The minimum atomic E-state index is -0.766. The fourth-order valence-electron chi connectivity index (χ4n) is 9.34. The molecule has 6 rings (SSSR count). The van der Waals surface area contributed by atoms with E-state index in [2.05, 4.69) is 10.2 Å². The first-order chi connectivity index (χ1) is 16.3. The number of alkyl halides is 1. The van der Waals surface area contributed by atoms with E-state index in [0.717, 1.165) is 51.6 Å². The van der Waals surface area contributed by atoms with Gasteiger partial charge in [0, 0.05) is 43.4 Å². The van der Waals surface area contributed by atoms with Crippen molar-refractivity contribution in [2.45, 2.75) is 64.1 Å². The summed E-state index contributed by atoms with van der Waals surface area (Å²) >= 11 is 0. The van der Waals surface area contributed by atoms with Crippen molar-refractivity contribution in [3.63, 3.8) is 0 Å². The third-order valence-corrected chi connectivity index (χ3v) is 11.0. The van der Waals surface area contributed by atoms with Crippen LogP contribution in [-0.4, -0.2) is 68.3 Å². The molecule has 4 saturated carbocycles. The number of Topliss-reactive ketones (excluding diaryl/α,β-unsaturated/α-hetero) is 1. The van der Waals surface area contributed by atoms with E-state index in [4.69, 9.17) is 9.47 Å². The van der Waals surface area contributed by atoms with Gasteiger partial charge in [0.05, 0.1) is 18.7 Å². The number of hydrogen-bond acceptors (Lipinski definition) is 6. The van der Waals surface area contributed by atoms with Gasteiger partial charge in [-0.15, -0.1) is 0 Å². The van der Waals surface area contributed by atoms with Crippen LogP contribution in [0.2, 0.25) is 0 Å². The number of carbonyl (C=O) groups excluding carboxylic acids is 3. The molecule has 2 amide bonds. The SMILES string of the molecule is CO[C@@H]1CCC23CC[C@H]4C[C@@]4(C12)[C@H](OC(=O)NC(=O)[C@H]1CN2CC[C@@H]1C2)CC(CF)C(=O)[C@@H]3C. The second-order valence-electron chi connectivity index (χ2n) is 12.1. The monoisotopic (exact) mass is 476 g/mol. The van der Waals surface area contributed by atoms with E-state index in [0.29, 0.717) is 18.4 Å². The molecule has 8 heteroatoms. The first kappa shape index (κ1) is 22.9. The molecule has 6 fully saturated rings. The van der Waals surface area contributed by atoms with Crippen molar-refractivity contribution in [2.24, 2.45) is 46.3 Å². The highest BCUT2D eigenvalue weighted by Gasteiger charge is 2.76. The fourth-order valence-corrected chi connectivity index (χ4v) is 9.34. The topological polar surface area (TPSA) is 84.9 Å². The van der Waals surface area contributed by atoms with Gasteiger partial charge in [0.2, 0.25) is 5.91 Å². The second-order valence-corrected chi connectivity index (χ2v) is 12.1. The summed E-state index contributed by atoms with van der Waals surface area (Å²) in [5, 5.41) is 2.50. The number of fused-ring (bicyclic) bond motifs is 2. The standard InChI is InChI=1S/C26H37FN2O5/c1-14-21(30)16(11-27)9-20(34-24(32)28-23(31)18-13-29-8-5-15(18)12-29)26-10-17(26)3-6-25(14)7-4-19(33-2)22(25)26/h14-20,22H,3-13H2,1-2H3,(H,28,31,32)/t14-,15+,16?,17-,18-,19+,20+,22?,25?,26-/m0/s1. The Morgan fingerprint density at radius 2 is 2.00 bits per heavy atom. The summed E-state index contributed by atoms with van der Waals surface area (Å²) in [4.78, 5) is 41.5. The first-order valence-electron chi connectivity index (χ1n) is 13.2. The number of imide groups is 1. The Morgan fingerprint density at radius 1 is 1.21 bits per heavy atom. The van der Waals surface area contributed by atoms with Crippen molar-refractivity contribution < 1.29 is 28.2 Å². The van der Waals surface area contributed by atoms with Crippen LogP contribution in [0.25, 0.3) is 0 Å². The molecule has 1 N–H and O–H groups in total. The summed E-state index contributed by atoms with van der Waals surface area (Å²) < 4.78 is 26.1. The maximum atomic E-state index is 14.2. The Labute approximate surface area is 200 Å². The number of nitrogens with zero attached hydrogens (tertiary/aromatic N) is 1. The molecule has 1 spiro atoms. The van der Waals surface area contributed by atoms with Gasteiger partial charge in [0.1, 0.15) is 11.9 Å². The lowest BCUT2D eigenvalue weighted by Gasteiger charge is -2.53. The van der Waals surface area contributed by atoms with Gasteiger partial charge in [-0.2, -0.15) is 0 Å². The number of halogens is 1. The van der Waals surface area contributed by atoms with Crippen molar-refractivity contribution in [3.05, 3.63) is 0 Å². The molecular formula is C26H37FN2O5. The predicted molar refractivity (Wildman–Crippen MR) is 120 cm³/mol. The maximum Gasteiger partial charge on any atom is 0.414 e. The van der Waals surface area contributed by atoms with Gasteiger partial charge in [0.25, 0.3) is 0 Å². The van der Waals surface area contributed by atoms with Gasteiger partial charge in [-0.05, 0) is 68.7 Å². The lowest BCUT2D eigenvalue weighted by atomic mass is 9.52. The molecule has 6 aliphatic rings. The highest BCUT2D eigenvalue weighted by atomic mass is 19.1. The Hall–Kier alpha value is -1.54. The smallest absolute Gasteiger partial charge is 0.414 e. The fraction of sp³-hybridized carbons (Fsp3) is 0.885. The maximum absolute atomic E-state index is 14.2. The largest absolute Gasteiger partial charge is 0.445 e. The molecule has 0 aromatic heterocycles. The van der Waals surface area contributed by atoms with Crippen LogP contribution in [0.1, 0.15) is 51.9 Å². The minimum Gasteiger partial charge on any atom is -0.445 e. The first-order valence-corrected chi connectivity index (χ1v) is 13.2. The van der Waals surface area contributed by atoms with E-state index in [-0.39, 0.29) is 52.8 Å². The summed E-state index contributed by atoms with van der Waals surface area (Å²) in [5.74, 6) is -0.660. The average Bonchev–Trinajstić information content (AvgIpc) is 3.14. The van der Waals surface area contributed by atoms with E-state index in [1.165, 1.54) is 0 Å². The van der Waals surface area contributed by atoms with Crippen molar-refractivity contribution in [1.29, 1.82) is 0 Å². The van der Waals surface area contributed by atoms with Gasteiger partial charge < -0.3 is 14.4 Å². The van der Waals surface area contributed by atoms with Crippen molar-refractivity contribution in [2.75, 3.05) is 33.4 Å². The second kappa shape index (κ2) is 7.99. The lowest BCUT2D eigenvalue weighted by Crippen LogP contribution is -2.56. The Balaban J connectivity index is 1.27. The number of nitrogens with one attached hydrogen (secondary N) is 1. The number of hydrogen-bond donors (Lipinski definition) is 1. The van der Waals surface area contributed by atoms with Crippen LogP contribution >= 0.6 is 0 Å². The normalized spacial score (nSPS) is 50.7. The van der Waals surface area contributed by atoms with Crippen molar-refractivity contribution >= 4 is 17.8 Å².